The van der Waals surface area contributed by atoms with Crippen LogP contribution in [-0.4, -0.2) is 25.9 Å². The van der Waals surface area contributed by atoms with Crippen molar-refractivity contribution in [2.45, 2.75) is 26.3 Å². The molecule has 0 aliphatic rings. The smallest absolute Gasteiger partial charge is 0.0953 e. The predicted octanol–water partition coefficient (Wildman–Crippen LogP) is 1.49. The highest BCUT2D eigenvalue weighted by molar-refractivity contribution is 9.10. The van der Waals surface area contributed by atoms with Crippen LogP contribution in [0.3, 0.4) is 0 Å². The predicted molar refractivity (Wildman–Crippen MR) is 74.4 cm³/mol. The lowest BCUT2D eigenvalue weighted by atomic mass is 10.3. The van der Waals surface area contributed by atoms with Gasteiger partial charge in [0.15, 0.2) is 0 Å². The van der Waals surface area contributed by atoms with Crippen molar-refractivity contribution >= 4 is 15.9 Å². The molecule has 2 N–H and O–H groups in total. The van der Waals surface area contributed by atoms with Crippen LogP contribution < -0.4 is 5.73 Å². The van der Waals surface area contributed by atoms with Crippen molar-refractivity contribution in [2.75, 3.05) is 6.54 Å². The summed E-state index contributed by atoms with van der Waals surface area (Å²) in [5.74, 6) is 0. The van der Waals surface area contributed by atoms with Gasteiger partial charge >= 0.3 is 0 Å². The van der Waals surface area contributed by atoms with Gasteiger partial charge in [-0.2, -0.15) is 5.10 Å². The summed E-state index contributed by atoms with van der Waals surface area (Å²) in [5.41, 5.74) is 8.80. The van der Waals surface area contributed by atoms with Crippen LogP contribution in [0.2, 0.25) is 0 Å². The third-order valence-corrected chi connectivity index (χ3v) is 3.84. The number of nitrogens with zero attached hydrogens (tertiary/aromatic N) is 4. The number of halogens is 1. The monoisotopic (exact) mass is 311 g/mol. The number of aryl methyl sites for hydroxylation is 2. The summed E-state index contributed by atoms with van der Waals surface area (Å²) in [6, 6.07) is 0. The van der Waals surface area contributed by atoms with E-state index in [2.05, 4.69) is 37.5 Å². The number of rotatable bonds is 5. The number of aromatic nitrogens is 4. The van der Waals surface area contributed by atoms with E-state index in [1.165, 1.54) is 0 Å². The van der Waals surface area contributed by atoms with E-state index in [0.717, 1.165) is 40.9 Å². The second kappa shape index (κ2) is 5.67. The van der Waals surface area contributed by atoms with E-state index in [0.29, 0.717) is 6.54 Å². The molecule has 0 radical (unpaired) electrons. The first-order valence-electron chi connectivity index (χ1n) is 6.06. The van der Waals surface area contributed by atoms with Crippen LogP contribution in [0.4, 0.5) is 0 Å². The molecule has 0 unspecified atom stereocenters. The molecule has 6 heteroatoms. The Balaban J connectivity index is 2.20. The minimum Gasteiger partial charge on any atom is -0.331 e. The normalized spacial score (nSPS) is 11.1. The van der Waals surface area contributed by atoms with Gasteiger partial charge in [0.2, 0.25) is 0 Å². The van der Waals surface area contributed by atoms with Crippen LogP contribution in [0.15, 0.2) is 17.0 Å². The first kappa shape index (κ1) is 13.3. The third kappa shape index (κ3) is 2.64. The molecular weight excluding hydrogens is 294 g/mol. The number of imidazole rings is 1. The molecular formula is C12H18BrN5. The van der Waals surface area contributed by atoms with E-state index >= 15 is 0 Å². The molecule has 0 aliphatic heterocycles. The Bertz CT molecular complexity index is 529. The lowest BCUT2D eigenvalue weighted by Crippen LogP contribution is -2.05. The molecule has 0 spiro atoms. The molecule has 0 aromatic carbocycles. The van der Waals surface area contributed by atoms with Crippen molar-refractivity contribution in [1.29, 1.82) is 0 Å². The maximum atomic E-state index is 5.52. The summed E-state index contributed by atoms with van der Waals surface area (Å²) < 4.78 is 5.08. The Morgan fingerprint density at radius 3 is 2.83 bits per heavy atom. The van der Waals surface area contributed by atoms with Crippen molar-refractivity contribution in [3.05, 3.63) is 34.1 Å². The Labute approximate surface area is 115 Å². The standard InChI is InChI=1S/C12H18BrN5/c1-3-10-12(13)11(17(2)16-10)7-18-6-9(4-5-14)15-8-18/h6,8H,3-5,7,14H2,1-2H3. The van der Waals surface area contributed by atoms with E-state index in [1.807, 2.05) is 24.3 Å². The maximum Gasteiger partial charge on any atom is 0.0953 e. The molecule has 2 rings (SSSR count). The molecule has 18 heavy (non-hydrogen) atoms. The fraction of sp³-hybridized carbons (Fsp3) is 0.500. The molecule has 98 valence electrons. The molecule has 0 atom stereocenters. The van der Waals surface area contributed by atoms with Crippen molar-refractivity contribution in [1.82, 2.24) is 19.3 Å². The summed E-state index contributed by atoms with van der Waals surface area (Å²) in [6.07, 6.45) is 5.63. The SMILES string of the molecule is CCc1nn(C)c(Cn2cnc(CCN)c2)c1Br. The Morgan fingerprint density at radius 2 is 2.22 bits per heavy atom. The van der Waals surface area contributed by atoms with Gasteiger partial charge in [0.05, 0.1) is 34.4 Å². The number of hydrogen-bond acceptors (Lipinski definition) is 3. The summed E-state index contributed by atoms with van der Waals surface area (Å²) >= 11 is 3.62. The number of hydrogen-bond donors (Lipinski definition) is 1. The van der Waals surface area contributed by atoms with Crippen LogP contribution in [0.1, 0.15) is 24.0 Å². The molecule has 0 fully saturated rings. The fourth-order valence-electron chi connectivity index (χ4n) is 1.93. The second-order valence-electron chi connectivity index (χ2n) is 4.26. The zero-order valence-corrected chi connectivity index (χ0v) is 12.3. The van der Waals surface area contributed by atoms with E-state index in [1.54, 1.807) is 0 Å². The largest absolute Gasteiger partial charge is 0.331 e. The van der Waals surface area contributed by atoms with Crippen LogP contribution in [-0.2, 0) is 26.4 Å². The molecule has 5 nitrogen and oxygen atoms in total. The van der Waals surface area contributed by atoms with E-state index in [9.17, 15) is 0 Å². The van der Waals surface area contributed by atoms with E-state index in [4.69, 9.17) is 5.73 Å². The summed E-state index contributed by atoms with van der Waals surface area (Å²) in [5, 5.41) is 4.48. The van der Waals surface area contributed by atoms with E-state index in [-0.39, 0.29) is 0 Å². The highest BCUT2D eigenvalue weighted by Gasteiger charge is 2.12. The fourth-order valence-corrected chi connectivity index (χ4v) is 2.68. The van der Waals surface area contributed by atoms with Gasteiger partial charge in [-0.3, -0.25) is 4.68 Å². The summed E-state index contributed by atoms with van der Waals surface area (Å²) in [7, 11) is 1.97. The first-order chi connectivity index (χ1) is 8.65. The van der Waals surface area contributed by atoms with Gasteiger partial charge in [0, 0.05) is 19.7 Å². The lowest BCUT2D eigenvalue weighted by molar-refractivity contribution is 0.658. The second-order valence-corrected chi connectivity index (χ2v) is 5.05. The van der Waals surface area contributed by atoms with Crippen molar-refractivity contribution in [3.8, 4) is 0 Å². The van der Waals surface area contributed by atoms with Crippen molar-refractivity contribution < 1.29 is 0 Å². The molecule has 2 aromatic rings. The van der Waals surface area contributed by atoms with Gasteiger partial charge < -0.3 is 10.3 Å². The first-order valence-corrected chi connectivity index (χ1v) is 6.86. The quantitative estimate of drug-likeness (QED) is 0.910. The van der Waals surface area contributed by atoms with Gasteiger partial charge in [-0.1, -0.05) is 6.92 Å². The van der Waals surface area contributed by atoms with Crippen LogP contribution >= 0.6 is 15.9 Å². The average molecular weight is 312 g/mol. The van der Waals surface area contributed by atoms with Gasteiger partial charge in [-0.25, -0.2) is 4.98 Å². The lowest BCUT2D eigenvalue weighted by Gasteiger charge is -2.03. The molecule has 0 aliphatic carbocycles. The zero-order valence-electron chi connectivity index (χ0n) is 10.7. The summed E-state index contributed by atoms with van der Waals surface area (Å²) in [4.78, 5) is 4.33. The maximum absolute atomic E-state index is 5.52. The minimum absolute atomic E-state index is 0.631. The van der Waals surface area contributed by atoms with Crippen molar-refractivity contribution in [2.24, 2.45) is 12.8 Å². The highest BCUT2D eigenvalue weighted by Crippen LogP contribution is 2.22. The van der Waals surface area contributed by atoms with Crippen molar-refractivity contribution in [3.63, 3.8) is 0 Å². The molecule has 0 saturated heterocycles. The highest BCUT2D eigenvalue weighted by atomic mass is 79.9. The topological polar surface area (TPSA) is 61.7 Å². The summed E-state index contributed by atoms with van der Waals surface area (Å²) in [6.45, 7) is 3.50. The zero-order chi connectivity index (χ0) is 13.1. The van der Waals surface area contributed by atoms with Crippen LogP contribution in [0, 0.1) is 0 Å². The van der Waals surface area contributed by atoms with Crippen LogP contribution in [0.25, 0.3) is 0 Å². The molecule has 2 heterocycles. The molecule has 2 aromatic heterocycles. The van der Waals surface area contributed by atoms with E-state index < -0.39 is 0 Å². The Morgan fingerprint density at radius 1 is 1.44 bits per heavy atom. The Kier molecular flexibility index (Phi) is 4.19. The Hall–Kier alpha value is -1.14. The molecule has 0 saturated carbocycles. The van der Waals surface area contributed by atoms with Gasteiger partial charge in [-0.05, 0) is 28.9 Å². The van der Waals surface area contributed by atoms with Gasteiger partial charge in [0.25, 0.3) is 0 Å². The molecule has 0 bridgehead atoms. The van der Waals surface area contributed by atoms with Gasteiger partial charge in [0.1, 0.15) is 0 Å². The van der Waals surface area contributed by atoms with Crippen LogP contribution in [0.5, 0.6) is 0 Å². The minimum atomic E-state index is 0.631. The third-order valence-electron chi connectivity index (χ3n) is 2.92. The average Bonchev–Trinajstić information content (AvgIpc) is 2.89. The number of nitrogens with two attached hydrogens (primary N) is 1. The molecule has 0 amide bonds. The van der Waals surface area contributed by atoms with Gasteiger partial charge in [-0.15, -0.1) is 0 Å².